The molecule has 1 aliphatic rings. The minimum atomic E-state index is -4.82. The van der Waals surface area contributed by atoms with E-state index in [9.17, 15) is 22.8 Å². The predicted octanol–water partition coefficient (Wildman–Crippen LogP) is 9.17. The Morgan fingerprint density at radius 3 is 2.31 bits per heavy atom. The van der Waals surface area contributed by atoms with Crippen LogP contribution in [0.3, 0.4) is 0 Å². The number of nitrogens with one attached hydrogen (secondary N) is 2. The summed E-state index contributed by atoms with van der Waals surface area (Å²) >= 11 is 0. The van der Waals surface area contributed by atoms with E-state index in [-0.39, 0.29) is 17.9 Å². The monoisotopic (exact) mass is 755 g/mol. The van der Waals surface area contributed by atoms with Crippen molar-refractivity contribution in [2.24, 2.45) is 5.92 Å². The molecule has 0 unspecified atom stereocenters. The fourth-order valence-electron chi connectivity index (χ4n) is 6.03. The molecule has 0 radical (unpaired) electrons. The van der Waals surface area contributed by atoms with Crippen molar-refractivity contribution in [1.82, 2.24) is 15.1 Å². The van der Waals surface area contributed by atoms with Crippen LogP contribution in [0.1, 0.15) is 66.5 Å². The highest BCUT2D eigenvalue weighted by Crippen LogP contribution is 2.41. The SMILES string of the molecule is COc1cccc(N(Cc2cccc(NC(=O)c3cc(C(F)(F)F)nn3-c3ccccc3CNC(=O)OC(C)(C)C)c2)CC2CC2)c1OCc1ccccc1. The summed E-state index contributed by atoms with van der Waals surface area (Å²) in [6, 6.07) is 30.0. The second-order valence-corrected chi connectivity index (χ2v) is 14.4. The molecule has 1 heterocycles. The number of hydrogen-bond acceptors (Lipinski definition) is 7. The Balaban J connectivity index is 1.25. The van der Waals surface area contributed by atoms with Gasteiger partial charge in [-0.2, -0.15) is 18.3 Å². The number of ether oxygens (including phenoxy) is 3. The normalized spacial score (nSPS) is 12.9. The topological polar surface area (TPSA) is 107 Å². The molecule has 0 atom stereocenters. The van der Waals surface area contributed by atoms with Crippen LogP contribution in [0.4, 0.5) is 29.3 Å². The van der Waals surface area contributed by atoms with Crippen molar-refractivity contribution < 1.29 is 37.0 Å². The molecule has 1 aromatic heterocycles. The lowest BCUT2D eigenvalue weighted by molar-refractivity contribution is -0.141. The molecular formula is C42H44F3N5O5. The molecule has 0 saturated heterocycles. The highest BCUT2D eigenvalue weighted by Gasteiger charge is 2.36. The summed E-state index contributed by atoms with van der Waals surface area (Å²) in [5, 5.41) is 9.20. The van der Waals surface area contributed by atoms with Crippen LogP contribution in [0, 0.1) is 5.92 Å². The molecule has 288 valence electrons. The molecule has 55 heavy (non-hydrogen) atoms. The van der Waals surface area contributed by atoms with Crippen LogP contribution in [0.5, 0.6) is 11.5 Å². The number of alkyl carbamates (subject to hydrolysis) is 1. The van der Waals surface area contributed by atoms with Crippen molar-refractivity contribution in [2.45, 2.75) is 65.1 Å². The Hall–Kier alpha value is -5.98. The van der Waals surface area contributed by atoms with Crippen LogP contribution in [0.2, 0.25) is 0 Å². The molecule has 2 amide bonds. The van der Waals surface area contributed by atoms with E-state index in [1.54, 1.807) is 64.3 Å². The summed E-state index contributed by atoms with van der Waals surface area (Å²) in [5.74, 6) is 0.942. The highest BCUT2D eigenvalue weighted by molar-refractivity contribution is 6.03. The van der Waals surface area contributed by atoms with E-state index in [1.807, 2.05) is 54.6 Å². The van der Waals surface area contributed by atoms with Crippen LogP contribution in [0.25, 0.3) is 5.69 Å². The molecule has 5 aromatic rings. The van der Waals surface area contributed by atoms with Gasteiger partial charge < -0.3 is 29.7 Å². The Morgan fingerprint density at radius 2 is 1.60 bits per heavy atom. The van der Waals surface area contributed by atoms with Gasteiger partial charge in [-0.3, -0.25) is 4.79 Å². The van der Waals surface area contributed by atoms with Gasteiger partial charge in [0.05, 0.1) is 18.5 Å². The average Bonchev–Trinajstić information content (AvgIpc) is 3.85. The number of para-hydroxylation sites is 2. The van der Waals surface area contributed by atoms with E-state index >= 15 is 0 Å². The van der Waals surface area contributed by atoms with Gasteiger partial charge in [0.15, 0.2) is 17.2 Å². The van der Waals surface area contributed by atoms with Crippen molar-refractivity contribution in [3.63, 3.8) is 0 Å². The minimum Gasteiger partial charge on any atom is -0.493 e. The molecular weight excluding hydrogens is 711 g/mol. The van der Waals surface area contributed by atoms with Crippen molar-refractivity contribution in [1.29, 1.82) is 0 Å². The fourth-order valence-corrected chi connectivity index (χ4v) is 6.03. The van der Waals surface area contributed by atoms with Crippen LogP contribution in [0.15, 0.2) is 103 Å². The number of nitrogens with zero attached hydrogens (tertiary/aromatic N) is 3. The molecule has 1 fully saturated rings. The van der Waals surface area contributed by atoms with Crippen LogP contribution in [-0.4, -0.2) is 41.0 Å². The Morgan fingerprint density at radius 1 is 0.891 bits per heavy atom. The van der Waals surface area contributed by atoms with E-state index in [4.69, 9.17) is 14.2 Å². The fraction of sp³-hybridized carbons (Fsp3) is 0.310. The van der Waals surface area contributed by atoms with Gasteiger partial charge in [-0.05, 0) is 86.6 Å². The van der Waals surface area contributed by atoms with Crippen LogP contribution in [-0.2, 0) is 30.6 Å². The molecule has 6 rings (SSSR count). The first-order valence-corrected chi connectivity index (χ1v) is 18.0. The second kappa shape index (κ2) is 16.6. The number of methoxy groups -OCH3 is 1. The number of alkyl halides is 3. The Kier molecular flexibility index (Phi) is 11.7. The number of carbonyl (C=O) groups is 2. The Labute approximate surface area is 318 Å². The summed E-state index contributed by atoms with van der Waals surface area (Å²) < 4.78 is 60.4. The zero-order valence-corrected chi connectivity index (χ0v) is 31.2. The number of aromatic nitrogens is 2. The van der Waals surface area contributed by atoms with E-state index in [1.165, 1.54) is 6.07 Å². The molecule has 10 nitrogen and oxygen atoms in total. The summed E-state index contributed by atoms with van der Waals surface area (Å²) in [6.45, 7) is 6.65. The van der Waals surface area contributed by atoms with E-state index in [2.05, 4.69) is 20.6 Å². The number of carbonyl (C=O) groups excluding carboxylic acids is 2. The zero-order chi connectivity index (χ0) is 39.2. The number of benzene rings is 4. The molecule has 0 aliphatic heterocycles. The average molecular weight is 756 g/mol. The van der Waals surface area contributed by atoms with E-state index < -0.39 is 29.5 Å². The largest absolute Gasteiger partial charge is 0.493 e. The lowest BCUT2D eigenvalue weighted by Gasteiger charge is -2.28. The lowest BCUT2D eigenvalue weighted by Crippen LogP contribution is -2.32. The molecule has 13 heteroatoms. The number of anilines is 2. The maximum atomic E-state index is 14.0. The van der Waals surface area contributed by atoms with E-state index in [0.717, 1.165) is 40.9 Å². The molecule has 0 spiro atoms. The first-order chi connectivity index (χ1) is 26.3. The van der Waals surface area contributed by atoms with Gasteiger partial charge in [0.1, 0.15) is 17.9 Å². The van der Waals surface area contributed by atoms with E-state index in [0.29, 0.717) is 47.9 Å². The molecule has 1 aliphatic carbocycles. The summed E-state index contributed by atoms with van der Waals surface area (Å²) in [5.41, 5.74) is 1.41. The van der Waals surface area contributed by atoms with Crippen molar-refractivity contribution in [3.05, 3.63) is 131 Å². The Bertz CT molecular complexity index is 2110. The molecule has 1 saturated carbocycles. The van der Waals surface area contributed by atoms with Gasteiger partial charge in [-0.25, -0.2) is 9.48 Å². The number of amides is 2. The number of hydrogen-bond donors (Lipinski definition) is 2. The van der Waals surface area contributed by atoms with Gasteiger partial charge >= 0.3 is 12.3 Å². The smallest absolute Gasteiger partial charge is 0.435 e. The summed E-state index contributed by atoms with van der Waals surface area (Å²) in [4.78, 5) is 28.4. The summed E-state index contributed by atoms with van der Waals surface area (Å²) in [6.07, 6.45) is -3.29. The third kappa shape index (κ3) is 10.4. The standard InChI is InChI=1S/C42H44F3N5O5/c1-41(2,3)55-40(52)46-24-31-15-8-9-17-33(31)50-35(23-37(48-50)42(43,44)45)39(51)47-32-16-10-14-30(22-32)26-49(25-28-20-21-28)34-18-11-19-36(53-4)38(34)54-27-29-12-6-5-7-13-29/h5-19,22-23,28H,20-21,24-27H2,1-4H3,(H,46,52)(H,47,51). The quantitative estimate of drug-likeness (QED) is 0.116. The maximum absolute atomic E-state index is 14.0. The van der Waals surface area contributed by atoms with Crippen LogP contribution < -0.4 is 25.0 Å². The van der Waals surface area contributed by atoms with Gasteiger partial charge in [0.2, 0.25) is 0 Å². The lowest BCUT2D eigenvalue weighted by atomic mass is 10.1. The van der Waals surface area contributed by atoms with Gasteiger partial charge in [0.25, 0.3) is 5.91 Å². The van der Waals surface area contributed by atoms with Gasteiger partial charge in [0, 0.05) is 31.4 Å². The summed E-state index contributed by atoms with van der Waals surface area (Å²) in [7, 11) is 1.61. The first-order valence-electron chi connectivity index (χ1n) is 18.0. The van der Waals surface area contributed by atoms with Gasteiger partial charge in [-0.15, -0.1) is 0 Å². The van der Waals surface area contributed by atoms with Crippen molar-refractivity contribution in [3.8, 4) is 17.2 Å². The number of halogens is 3. The van der Waals surface area contributed by atoms with Crippen molar-refractivity contribution >= 4 is 23.4 Å². The third-order valence-corrected chi connectivity index (χ3v) is 8.75. The minimum absolute atomic E-state index is 0.0843. The van der Waals surface area contributed by atoms with Crippen molar-refractivity contribution in [2.75, 3.05) is 23.9 Å². The predicted molar refractivity (Wildman–Crippen MR) is 204 cm³/mol. The second-order valence-electron chi connectivity index (χ2n) is 14.4. The maximum Gasteiger partial charge on any atom is 0.435 e. The highest BCUT2D eigenvalue weighted by atomic mass is 19.4. The molecule has 0 bridgehead atoms. The first kappa shape index (κ1) is 38.7. The van der Waals surface area contributed by atoms with Crippen LogP contribution >= 0.6 is 0 Å². The number of rotatable bonds is 14. The zero-order valence-electron chi connectivity index (χ0n) is 31.2. The molecule has 4 aromatic carbocycles. The van der Waals surface area contributed by atoms with Gasteiger partial charge in [-0.1, -0.05) is 66.7 Å². The molecule has 2 N–H and O–H groups in total. The third-order valence-electron chi connectivity index (χ3n) is 8.75.